The van der Waals surface area contributed by atoms with Crippen molar-refractivity contribution in [2.24, 2.45) is 0 Å². The molecular formula is C21H20O3. The van der Waals surface area contributed by atoms with E-state index in [-0.39, 0.29) is 11.9 Å². The van der Waals surface area contributed by atoms with Gasteiger partial charge < -0.3 is 9.15 Å². The lowest BCUT2D eigenvalue weighted by molar-refractivity contribution is 0.0599. The van der Waals surface area contributed by atoms with Crippen LogP contribution < -0.4 is 0 Å². The van der Waals surface area contributed by atoms with Gasteiger partial charge in [-0.1, -0.05) is 60.2 Å². The van der Waals surface area contributed by atoms with Gasteiger partial charge in [0.2, 0.25) is 0 Å². The topological polar surface area (TPSA) is 39.4 Å². The summed E-state index contributed by atoms with van der Waals surface area (Å²) in [6.45, 7) is 3.85. The van der Waals surface area contributed by atoms with E-state index in [1.54, 1.807) is 13.0 Å². The van der Waals surface area contributed by atoms with Crippen molar-refractivity contribution < 1.29 is 13.9 Å². The summed E-state index contributed by atoms with van der Waals surface area (Å²) in [6, 6.07) is 20.3. The Morgan fingerprint density at radius 2 is 1.58 bits per heavy atom. The number of benzene rings is 2. The number of carbonyl (C=O) groups excluding carboxylic acids is 1. The van der Waals surface area contributed by atoms with Crippen molar-refractivity contribution in [2.75, 3.05) is 7.11 Å². The normalized spacial score (nSPS) is 12.0. The molecular weight excluding hydrogens is 300 g/mol. The quantitative estimate of drug-likeness (QED) is 0.644. The number of aryl methyl sites for hydroxylation is 2. The monoisotopic (exact) mass is 320 g/mol. The van der Waals surface area contributed by atoms with Gasteiger partial charge in [0, 0.05) is 0 Å². The minimum Gasteiger partial charge on any atom is -0.465 e. The van der Waals surface area contributed by atoms with Crippen LogP contribution in [-0.4, -0.2) is 13.1 Å². The summed E-state index contributed by atoms with van der Waals surface area (Å²) in [4.78, 5) is 11.9. The summed E-state index contributed by atoms with van der Waals surface area (Å²) < 4.78 is 10.8. The van der Waals surface area contributed by atoms with E-state index in [1.807, 2.05) is 18.2 Å². The lowest BCUT2D eigenvalue weighted by atomic mass is 9.88. The Bertz CT molecular complexity index is 829. The molecule has 0 N–H and O–H groups in total. The summed E-state index contributed by atoms with van der Waals surface area (Å²) in [5, 5.41) is 0. The number of ether oxygens (including phenoxy) is 1. The first kappa shape index (κ1) is 16.1. The lowest BCUT2D eigenvalue weighted by Crippen LogP contribution is -2.03. The van der Waals surface area contributed by atoms with Crippen LogP contribution in [0.1, 0.15) is 44.5 Å². The lowest BCUT2D eigenvalue weighted by Gasteiger charge is -2.16. The van der Waals surface area contributed by atoms with Gasteiger partial charge in [-0.05, 0) is 31.0 Å². The van der Waals surface area contributed by atoms with Crippen LogP contribution >= 0.6 is 0 Å². The number of methoxy groups -OCH3 is 1. The molecule has 0 amide bonds. The van der Waals surface area contributed by atoms with Crippen LogP contribution in [-0.2, 0) is 4.74 Å². The number of hydrogen-bond donors (Lipinski definition) is 0. The largest absolute Gasteiger partial charge is 0.465 e. The molecule has 0 aliphatic heterocycles. The third-order valence-corrected chi connectivity index (χ3v) is 4.17. The van der Waals surface area contributed by atoms with E-state index >= 15 is 0 Å². The van der Waals surface area contributed by atoms with Crippen LogP contribution in [0.3, 0.4) is 0 Å². The van der Waals surface area contributed by atoms with Crippen LogP contribution in [0.2, 0.25) is 0 Å². The summed E-state index contributed by atoms with van der Waals surface area (Å²) >= 11 is 0. The SMILES string of the molecule is COC(=O)c1cc(C(c2ccccc2)c2ccc(C)cc2)oc1C. The van der Waals surface area contributed by atoms with Crippen molar-refractivity contribution in [3.8, 4) is 0 Å². The minimum absolute atomic E-state index is 0.0658. The molecule has 1 heterocycles. The zero-order valence-electron chi connectivity index (χ0n) is 14.1. The summed E-state index contributed by atoms with van der Waals surface area (Å²) in [5.74, 6) is 0.870. The average molecular weight is 320 g/mol. The molecule has 0 radical (unpaired) electrons. The highest BCUT2D eigenvalue weighted by Gasteiger charge is 2.24. The Kier molecular flexibility index (Phi) is 4.52. The highest BCUT2D eigenvalue weighted by Crippen LogP contribution is 2.34. The third-order valence-electron chi connectivity index (χ3n) is 4.17. The number of furan rings is 1. The van der Waals surface area contributed by atoms with E-state index in [0.29, 0.717) is 11.3 Å². The molecule has 1 aromatic heterocycles. The van der Waals surface area contributed by atoms with E-state index in [0.717, 1.165) is 16.9 Å². The van der Waals surface area contributed by atoms with Gasteiger partial charge in [0.15, 0.2) is 0 Å². The maximum Gasteiger partial charge on any atom is 0.341 e. The molecule has 3 rings (SSSR count). The Balaban J connectivity index is 2.12. The van der Waals surface area contributed by atoms with Crippen LogP contribution in [0.5, 0.6) is 0 Å². The molecule has 3 aromatic rings. The van der Waals surface area contributed by atoms with Crippen molar-refractivity contribution in [3.05, 3.63) is 94.4 Å². The first-order valence-electron chi connectivity index (χ1n) is 7.90. The number of esters is 1. The van der Waals surface area contributed by atoms with Gasteiger partial charge in [0.25, 0.3) is 0 Å². The standard InChI is InChI=1S/C21H20O3/c1-14-9-11-17(12-10-14)20(16-7-5-4-6-8-16)19-13-18(15(2)24-19)21(22)23-3/h4-13,20H,1-3H3. The Labute approximate surface area is 141 Å². The molecule has 24 heavy (non-hydrogen) atoms. The van der Waals surface area contributed by atoms with E-state index in [2.05, 4.69) is 43.3 Å². The second kappa shape index (κ2) is 6.75. The minimum atomic E-state index is -0.377. The fraction of sp³-hybridized carbons (Fsp3) is 0.190. The fourth-order valence-electron chi connectivity index (χ4n) is 2.89. The first-order chi connectivity index (χ1) is 11.6. The molecule has 0 aliphatic rings. The Morgan fingerprint density at radius 1 is 0.958 bits per heavy atom. The molecule has 0 aliphatic carbocycles. The van der Waals surface area contributed by atoms with Crippen molar-refractivity contribution in [1.82, 2.24) is 0 Å². The van der Waals surface area contributed by atoms with Gasteiger partial charge in [-0.25, -0.2) is 4.79 Å². The molecule has 1 unspecified atom stereocenters. The molecule has 0 fully saturated rings. The smallest absolute Gasteiger partial charge is 0.341 e. The maximum absolute atomic E-state index is 11.9. The predicted molar refractivity (Wildman–Crippen MR) is 93.4 cm³/mol. The van der Waals surface area contributed by atoms with E-state index < -0.39 is 0 Å². The van der Waals surface area contributed by atoms with Crippen LogP contribution in [0, 0.1) is 13.8 Å². The molecule has 0 bridgehead atoms. The van der Waals surface area contributed by atoms with Gasteiger partial charge in [0.1, 0.15) is 17.1 Å². The van der Waals surface area contributed by atoms with Crippen molar-refractivity contribution in [2.45, 2.75) is 19.8 Å². The van der Waals surface area contributed by atoms with Crippen molar-refractivity contribution in [3.63, 3.8) is 0 Å². The molecule has 3 nitrogen and oxygen atoms in total. The number of hydrogen-bond acceptors (Lipinski definition) is 3. The molecule has 3 heteroatoms. The van der Waals surface area contributed by atoms with E-state index in [4.69, 9.17) is 9.15 Å². The maximum atomic E-state index is 11.9. The van der Waals surface area contributed by atoms with Gasteiger partial charge in [-0.15, -0.1) is 0 Å². The number of carbonyl (C=O) groups is 1. The molecule has 0 saturated heterocycles. The van der Waals surface area contributed by atoms with Crippen molar-refractivity contribution >= 4 is 5.97 Å². The van der Waals surface area contributed by atoms with Crippen LogP contribution in [0.25, 0.3) is 0 Å². The fourth-order valence-corrected chi connectivity index (χ4v) is 2.89. The third kappa shape index (κ3) is 3.11. The average Bonchev–Trinajstić information content (AvgIpc) is 2.98. The van der Waals surface area contributed by atoms with E-state index in [9.17, 15) is 4.79 Å². The van der Waals surface area contributed by atoms with Gasteiger partial charge >= 0.3 is 5.97 Å². The molecule has 2 aromatic carbocycles. The van der Waals surface area contributed by atoms with Crippen LogP contribution in [0.15, 0.2) is 65.1 Å². The zero-order chi connectivity index (χ0) is 17.1. The van der Waals surface area contributed by atoms with Gasteiger partial charge in [-0.3, -0.25) is 0 Å². The highest BCUT2D eigenvalue weighted by molar-refractivity contribution is 5.90. The second-order valence-electron chi connectivity index (χ2n) is 5.86. The Hall–Kier alpha value is -2.81. The molecule has 122 valence electrons. The summed E-state index contributed by atoms with van der Waals surface area (Å²) in [5.41, 5.74) is 3.92. The zero-order valence-corrected chi connectivity index (χ0v) is 14.1. The predicted octanol–water partition coefficient (Wildman–Crippen LogP) is 4.86. The Morgan fingerprint density at radius 3 is 2.21 bits per heavy atom. The second-order valence-corrected chi connectivity index (χ2v) is 5.86. The van der Waals surface area contributed by atoms with Crippen molar-refractivity contribution in [1.29, 1.82) is 0 Å². The molecule has 0 saturated carbocycles. The molecule has 0 spiro atoms. The van der Waals surface area contributed by atoms with Crippen LogP contribution in [0.4, 0.5) is 0 Å². The molecule has 1 atom stereocenters. The summed E-state index contributed by atoms with van der Waals surface area (Å²) in [6.07, 6.45) is 0. The number of rotatable bonds is 4. The van der Waals surface area contributed by atoms with Gasteiger partial charge in [-0.2, -0.15) is 0 Å². The summed E-state index contributed by atoms with van der Waals surface area (Å²) in [7, 11) is 1.38. The first-order valence-corrected chi connectivity index (χ1v) is 7.90. The highest BCUT2D eigenvalue weighted by atomic mass is 16.5. The van der Waals surface area contributed by atoms with Gasteiger partial charge in [0.05, 0.1) is 13.0 Å². The van der Waals surface area contributed by atoms with E-state index in [1.165, 1.54) is 12.7 Å².